The molecule has 1 aliphatic rings. The van der Waals surface area contributed by atoms with Gasteiger partial charge in [0.05, 0.1) is 4.92 Å². The van der Waals surface area contributed by atoms with E-state index in [-0.39, 0.29) is 17.3 Å². The van der Waals surface area contributed by atoms with Gasteiger partial charge in [-0.15, -0.1) is 0 Å². The van der Waals surface area contributed by atoms with Crippen molar-refractivity contribution in [3.63, 3.8) is 0 Å². The molecule has 0 saturated heterocycles. The average molecular weight is 292 g/mol. The number of aliphatic carboxylic acids is 1. The van der Waals surface area contributed by atoms with Gasteiger partial charge in [0.15, 0.2) is 0 Å². The third kappa shape index (κ3) is 3.71. The van der Waals surface area contributed by atoms with Crippen LogP contribution in [0.4, 0.5) is 11.4 Å². The molecule has 2 N–H and O–H groups in total. The van der Waals surface area contributed by atoms with Crippen LogP contribution in [0.2, 0.25) is 0 Å². The van der Waals surface area contributed by atoms with Gasteiger partial charge in [-0.3, -0.25) is 10.1 Å². The van der Waals surface area contributed by atoms with Gasteiger partial charge in [0.25, 0.3) is 5.69 Å². The molecule has 0 radical (unpaired) electrons. The molecule has 1 fully saturated rings. The van der Waals surface area contributed by atoms with E-state index < -0.39 is 16.9 Å². The number of nitrogens with zero attached hydrogens (tertiary/aromatic N) is 1. The minimum Gasteiger partial charge on any atom is -0.480 e. The van der Waals surface area contributed by atoms with E-state index in [0.717, 1.165) is 37.7 Å². The van der Waals surface area contributed by atoms with E-state index in [0.29, 0.717) is 0 Å². The molecule has 1 aromatic rings. The Kier molecular flexibility index (Phi) is 4.77. The van der Waals surface area contributed by atoms with Crippen LogP contribution in [0.15, 0.2) is 18.2 Å². The van der Waals surface area contributed by atoms with Gasteiger partial charge in [-0.2, -0.15) is 0 Å². The van der Waals surface area contributed by atoms with Gasteiger partial charge in [-0.05, 0) is 37.3 Å². The zero-order valence-electron chi connectivity index (χ0n) is 12.0. The van der Waals surface area contributed by atoms with Crippen LogP contribution in [-0.2, 0) is 4.79 Å². The summed E-state index contributed by atoms with van der Waals surface area (Å²) in [7, 11) is 0. The zero-order chi connectivity index (χ0) is 15.4. The second-order valence-electron chi connectivity index (χ2n) is 5.64. The van der Waals surface area contributed by atoms with E-state index in [1.807, 2.05) is 0 Å². The smallest absolute Gasteiger partial charge is 0.326 e. The number of carboxylic acid groups (broad SMARTS) is 1. The van der Waals surface area contributed by atoms with Crippen LogP contribution in [0.5, 0.6) is 0 Å². The monoisotopic (exact) mass is 292 g/mol. The van der Waals surface area contributed by atoms with E-state index in [4.69, 9.17) is 0 Å². The zero-order valence-corrected chi connectivity index (χ0v) is 12.0. The Morgan fingerprint density at radius 1 is 1.38 bits per heavy atom. The van der Waals surface area contributed by atoms with Crippen LogP contribution in [0, 0.1) is 23.0 Å². The third-order valence-electron chi connectivity index (χ3n) is 4.05. The van der Waals surface area contributed by atoms with Crippen LogP contribution in [-0.4, -0.2) is 22.0 Å². The minimum atomic E-state index is -0.947. The first kappa shape index (κ1) is 15.3. The van der Waals surface area contributed by atoms with Crippen molar-refractivity contribution in [1.82, 2.24) is 0 Å². The summed E-state index contributed by atoms with van der Waals surface area (Å²) in [4.78, 5) is 22.2. The average Bonchev–Trinajstić information content (AvgIpc) is 2.46. The number of nitrogens with one attached hydrogen (secondary N) is 1. The van der Waals surface area contributed by atoms with Gasteiger partial charge in [-0.1, -0.05) is 25.3 Å². The lowest BCUT2D eigenvalue weighted by molar-refractivity contribution is -0.384. The van der Waals surface area contributed by atoms with Crippen LogP contribution in [0.1, 0.15) is 37.7 Å². The number of anilines is 1. The lowest BCUT2D eigenvalue weighted by Crippen LogP contribution is -2.38. The van der Waals surface area contributed by atoms with Crippen molar-refractivity contribution in [3.8, 4) is 0 Å². The molecule has 1 unspecified atom stereocenters. The maximum atomic E-state index is 11.5. The summed E-state index contributed by atoms with van der Waals surface area (Å²) >= 11 is 0. The van der Waals surface area contributed by atoms with E-state index in [1.165, 1.54) is 6.07 Å². The van der Waals surface area contributed by atoms with E-state index in [9.17, 15) is 20.0 Å². The number of hydrogen-bond donors (Lipinski definition) is 2. The Labute approximate surface area is 123 Å². The number of nitro benzene ring substituents is 1. The Bertz CT molecular complexity index is 538. The van der Waals surface area contributed by atoms with Crippen molar-refractivity contribution >= 4 is 17.3 Å². The molecule has 1 aliphatic carbocycles. The fourth-order valence-corrected chi connectivity index (χ4v) is 2.93. The Morgan fingerprint density at radius 3 is 2.62 bits per heavy atom. The molecule has 6 heteroatoms. The summed E-state index contributed by atoms with van der Waals surface area (Å²) in [5, 5.41) is 23.4. The minimum absolute atomic E-state index is 0.0251. The van der Waals surface area contributed by atoms with E-state index >= 15 is 0 Å². The molecule has 21 heavy (non-hydrogen) atoms. The first-order chi connectivity index (χ1) is 9.99. The lowest BCUT2D eigenvalue weighted by atomic mass is 9.83. The number of carboxylic acids is 1. The van der Waals surface area contributed by atoms with E-state index in [1.54, 1.807) is 19.1 Å². The highest BCUT2D eigenvalue weighted by Crippen LogP contribution is 2.31. The fraction of sp³-hybridized carbons (Fsp3) is 0.533. The molecule has 0 bridgehead atoms. The first-order valence-corrected chi connectivity index (χ1v) is 7.23. The predicted octanol–water partition coefficient (Wildman–Crippen LogP) is 3.35. The first-order valence-electron chi connectivity index (χ1n) is 7.23. The molecule has 0 aromatic heterocycles. The molecular weight excluding hydrogens is 272 g/mol. The number of rotatable bonds is 5. The van der Waals surface area contributed by atoms with Crippen molar-refractivity contribution in [2.45, 2.75) is 45.1 Å². The highest BCUT2D eigenvalue weighted by Gasteiger charge is 2.31. The Morgan fingerprint density at radius 2 is 2.05 bits per heavy atom. The predicted molar refractivity (Wildman–Crippen MR) is 79.5 cm³/mol. The maximum Gasteiger partial charge on any atom is 0.326 e. The molecular formula is C15H20N2O4. The number of carbonyl (C=O) groups is 1. The number of nitro groups is 1. The van der Waals surface area contributed by atoms with Gasteiger partial charge >= 0.3 is 5.97 Å². The number of hydrogen-bond acceptors (Lipinski definition) is 4. The van der Waals surface area contributed by atoms with E-state index in [2.05, 4.69) is 5.32 Å². The van der Waals surface area contributed by atoms with Gasteiger partial charge in [0.1, 0.15) is 11.7 Å². The molecule has 0 spiro atoms. The Balaban J connectivity index is 2.24. The van der Waals surface area contributed by atoms with Crippen molar-refractivity contribution in [1.29, 1.82) is 0 Å². The van der Waals surface area contributed by atoms with Crippen molar-refractivity contribution in [2.24, 2.45) is 5.92 Å². The summed E-state index contributed by atoms with van der Waals surface area (Å²) in [5.41, 5.74) is 0.984. The summed E-state index contributed by atoms with van der Waals surface area (Å²) in [5.74, 6) is -0.922. The summed E-state index contributed by atoms with van der Waals surface area (Å²) in [6, 6.07) is 4.02. The summed E-state index contributed by atoms with van der Waals surface area (Å²) in [6.07, 6.45) is 4.87. The molecule has 2 rings (SSSR count). The van der Waals surface area contributed by atoms with Crippen molar-refractivity contribution < 1.29 is 14.8 Å². The summed E-state index contributed by atoms with van der Waals surface area (Å²) < 4.78 is 0. The molecule has 1 atom stereocenters. The van der Waals surface area contributed by atoms with Gasteiger partial charge in [-0.25, -0.2) is 4.79 Å². The lowest BCUT2D eigenvalue weighted by Gasteiger charge is -2.28. The SMILES string of the molecule is Cc1ccc(NC(C(=O)O)C2CCCCC2)c([N+](=O)[O-])c1. The normalized spacial score (nSPS) is 17.2. The molecule has 0 amide bonds. The topological polar surface area (TPSA) is 92.5 Å². The van der Waals surface area contributed by atoms with Gasteiger partial charge in [0.2, 0.25) is 0 Å². The number of aryl methyl sites for hydroxylation is 1. The highest BCUT2D eigenvalue weighted by molar-refractivity contribution is 5.79. The van der Waals surface area contributed by atoms with Crippen LogP contribution in [0.25, 0.3) is 0 Å². The van der Waals surface area contributed by atoms with Gasteiger partial charge < -0.3 is 10.4 Å². The molecule has 114 valence electrons. The molecule has 6 nitrogen and oxygen atoms in total. The van der Waals surface area contributed by atoms with Crippen LogP contribution >= 0.6 is 0 Å². The molecule has 1 aromatic carbocycles. The third-order valence-corrected chi connectivity index (χ3v) is 4.05. The molecule has 1 saturated carbocycles. The maximum absolute atomic E-state index is 11.5. The van der Waals surface area contributed by atoms with Crippen LogP contribution in [0.3, 0.4) is 0 Å². The van der Waals surface area contributed by atoms with Gasteiger partial charge in [0, 0.05) is 6.07 Å². The summed E-state index contributed by atoms with van der Waals surface area (Å²) in [6.45, 7) is 1.77. The second-order valence-corrected chi connectivity index (χ2v) is 5.64. The quantitative estimate of drug-likeness (QED) is 0.641. The molecule has 0 aliphatic heterocycles. The van der Waals surface area contributed by atoms with Crippen molar-refractivity contribution in [3.05, 3.63) is 33.9 Å². The van der Waals surface area contributed by atoms with Crippen molar-refractivity contribution in [2.75, 3.05) is 5.32 Å². The fourth-order valence-electron chi connectivity index (χ4n) is 2.93. The Hall–Kier alpha value is -2.11. The standard InChI is InChI=1S/C15H20N2O4/c1-10-7-8-12(13(9-10)17(20)21)16-14(15(18)19)11-5-3-2-4-6-11/h7-9,11,14,16H,2-6H2,1H3,(H,18,19). The highest BCUT2D eigenvalue weighted by atomic mass is 16.6. The number of benzene rings is 1. The second kappa shape index (κ2) is 6.56. The largest absolute Gasteiger partial charge is 0.480 e. The molecule has 0 heterocycles. The van der Waals surface area contributed by atoms with Crippen LogP contribution < -0.4 is 5.32 Å².